The number of methoxy groups -OCH3 is 2. The molecule has 0 saturated heterocycles. The lowest BCUT2D eigenvalue weighted by Gasteiger charge is -2.33. The molecule has 1 heterocycles. The first kappa shape index (κ1) is 18.0. The van der Waals surface area contributed by atoms with Gasteiger partial charge in [0, 0.05) is 17.1 Å². The summed E-state index contributed by atoms with van der Waals surface area (Å²) in [4.78, 5) is 12.0. The molecule has 0 radical (unpaired) electrons. The molecule has 0 atom stereocenters. The van der Waals surface area contributed by atoms with Gasteiger partial charge < -0.3 is 9.47 Å². The average Bonchev–Trinajstić information content (AvgIpc) is 2.93. The molecule has 1 aromatic carbocycles. The molecule has 0 bridgehead atoms. The van der Waals surface area contributed by atoms with Gasteiger partial charge >= 0.3 is 5.97 Å². The van der Waals surface area contributed by atoms with E-state index in [2.05, 4.69) is 15.9 Å². The van der Waals surface area contributed by atoms with Gasteiger partial charge in [0.25, 0.3) is 0 Å². The van der Waals surface area contributed by atoms with Crippen LogP contribution in [0.15, 0.2) is 45.1 Å². The van der Waals surface area contributed by atoms with Crippen LogP contribution in [0.25, 0.3) is 5.70 Å². The molecule has 1 aliphatic heterocycles. The first-order valence-electron chi connectivity index (χ1n) is 6.60. The number of hydrazine groups is 1. The van der Waals surface area contributed by atoms with Crippen molar-refractivity contribution in [1.29, 1.82) is 0 Å². The minimum atomic E-state index is -0.488. The Balaban J connectivity index is 2.36. The van der Waals surface area contributed by atoms with Crippen LogP contribution < -0.4 is 0 Å². The third-order valence-electron chi connectivity index (χ3n) is 3.21. The Morgan fingerprint density at radius 1 is 1.39 bits per heavy atom. The zero-order chi connectivity index (χ0) is 17.0. The fourth-order valence-electron chi connectivity index (χ4n) is 2.06. The molecule has 0 saturated carbocycles. The average molecular weight is 420 g/mol. The van der Waals surface area contributed by atoms with Gasteiger partial charge in [-0.25, -0.2) is 4.79 Å². The van der Waals surface area contributed by atoms with Gasteiger partial charge in [0.15, 0.2) is 5.70 Å². The highest BCUT2D eigenvalue weighted by atomic mass is 79.9. The van der Waals surface area contributed by atoms with Crippen LogP contribution in [0.5, 0.6) is 0 Å². The summed E-state index contributed by atoms with van der Waals surface area (Å²) in [6.07, 6.45) is 1.35. The van der Waals surface area contributed by atoms with Crippen LogP contribution in [0.2, 0.25) is 0 Å². The van der Waals surface area contributed by atoms with E-state index in [0.717, 1.165) is 15.7 Å². The van der Waals surface area contributed by atoms with E-state index < -0.39 is 5.97 Å². The summed E-state index contributed by atoms with van der Waals surface area (Å²) in [6, 6.07) is 7.82. The number of halogens is 2. The smallest absolute Gasteiger partial charge is 0.359 e. The number of carbonyl (C=O) groups excluding carboxylic acids is 1. The number of carbonyl (C=O) groups is 1. The van der Waals surface area contributed by atoms with Gasteiger partial charge in [-0.2, -0.15) is 0 Å². The van der Waals surface area contributed by atoms with Gasteiger partial charge in [-0.1, -0.05) is 51.4 Å². The molecule has 124 valence electrons. The Morgan fingerprint density at radius 2 is 2.04 bits per heavy atom. The van der Waals surface area contributed by atoms with Crippen molar-refractivity contribution in [1.82, 2.24) is 10.0 Å². The molecule has 23 heavy (non-hydrogen) atoms. The Bertz CT molecular complexity index is 649. The van der Waals surface area contributed by atoms with E-state index in [-0.39, 0.29) is 5.70 Å². The molecular formula is C15H16BrClN2O3S. The first-order chi connectivity index (χ1) is 11.0. The zero-order valence-corrected chi connectivity index (χ0v) is 16.0. The molecule has 5 nitrogen and oxygen atoms in total. The summed E-state index contributed by atoms with van der Waals surface area (Å²) in [5, 5.41) is 3.58. The Morgan fingerprint density at radius 3 is 2.61 bits per heavy atom. The highest BCUT2D eigenvalue weighted by molar-refractivity contribution is 9.10. The molecule has 2 rings (SSSR count). The van der Waals surface area contributed by atoms with Crippen LogP contribution in [0.4, 0.5) is 0 Å². The molecule has 8 heteroatoms. The van der Waals surface area contributed by atoms with Crippen molar-refractivity contribution in [2.24, 2.45) is 0 Å². The first-order valence-corrected chi connectivity index (χ1v) is 8.76. The molecular weight excluding hydrogens is 404 g/mol. The fourth-order valence-corrected chi connectivity index (χ4v) is 3.58. The molecule has 0 fully saturated rings. The minimum Gasteiger partial charge on any atom is -0.502 e. The van der Waals surface area contributed by atoms with Crippen molar-refractivity contribution in [3.05, 3.63) is 50.6 Å². The molecule has 1 aliphatic rings. The van der Waals surface area contributed by atoms with Crippen LogP contribution >= 0.6 is 39.3 Å². The van der Waals surface area contributed by atoms with E-state index in [9.17, 15) is 4.79 Å². The van der Waals surface area contributed by atoms with Crippen LogP contribution in [-0.4, -0.2) is 43.1 Å². The van der Waals surface area contributed by atoms with Gasteiger partial charge in [0.1, 0.15) is 10.6 Å². The fraction of sp³-hybridized carbons (Fsp3) is 0.267. The lowest BCUT2D eigenvalue weighted by molar-refractivity contribution is -0.139. The van der Waals surface area contributed by atoms with Crippen LogP contribution in [-0.2, 0) is 14.3 Å². The van der Waals surface area contributed by atoms with Crippen LogP contribution in [0.1, 0.15) is 5.56 Å². The zero-order valence-electron chi connectivity index (χ0n) is 12.9. The monoisotopic (exact) mass is 418 g/mol. The largest absolute Gasteiger partial charge is 0.502 e. The van der Waals surface area contributed by atoms with Gasteiger partial charge in [-0.3, -0.25) is 10.0 Å². The van der Waals surface area contributed by atoms with Crippen molar-refractivity contribution in [2.75, 3.05) is 27.1 Å². The van der Waals surface area contributed by atoms with Crippen LogP contribution in [0, 0.1) is 0 Å². The number of esters is 1. The van der Waals surface area contributed by atoms with Crippen LogP contribution in [0.3, 0.4) is 0 Å². The Labute approximate surface area is 153 Å². The minimum absolute atomic E-state index is 0.275. The quantitative estimate of drug-likeness (QED) is 0.410. The number of nitrogens with zero attached hydrogens (tertiary/aromatic N) is 2. The van der Waals surface area contributed by atoms with Crippen molar-refractivity contribution >= 4 is 51.0 Å². The SMILES string of the molecule is COC=C(C(=O)OC)N(C)N1CSC(Cl)=C1c1ccc(Br)cc1. The molecule has 0 N–H and O–H groups in total. The van der Waals surface area contributed by atoms with Gasteiger partial charge in [0.05, 0.1) is 25.8 Å². The highest BCUT2D eigenvalue weighted by Gasteiger charge is 2.30. The number of rotatable bonds is 5. The van der Waals surface area contributed by atoms with Gasteiger partial charge in [0.2, 0.25) is 0 Å². The molecule has 0 aliphatic carbocycles. The number of likely N-dealkylation sites (N-methyl/N-ethyl adjacent to an activating group) is 1. The van der Waals surface area contributed by atoms with Crippen molar-refractivity contribution in [2.45, 2.75) is 0 Å². The van der Waals surface area contributed by atoms with E-state index in [4.69, 9.17) is 21.1 Å². The summed E-state index contributed by atoms with van der Waals surface area (Å²) >= 11 is 11.3. The maximum absolute atomic E-state index is 12.0. The van der Waals surface area contributed by atoms with E-state index in [0.29, 0.717) is 10.2 Å². The van der Waals surface area contributed by atoms with Gasteiger partial charge in [-0.15, -0.1) is 0 Å². The molecule has 0 aromatic heterocycles. The second kappa shape index (κ2) is 7.99. The lowest BCUT2D eigenvalue weighted by atomic mass is 10.2. The second-order valence-corrected chi connectivity index (χ2v) is 7.03. The topological polar surface area (TPSA) is 42.0 Å². The highest BCUT2D eigenvalue weighted by Crippen LogP contribution is 2.41. The van der Waals surface area contributed by atoms with Crippen molar-refractivity contribution in [3.8, 4) is 0 Å². The van der Waals surface area contributed by atoms with E-state index in [1.54, 1.807) is 12.1 Å². The van der Waals surface area contributed by atoms with E-state index in [1.807, 2.05) is 29.3 Å². The predicted octanol–water partition coefficient (Wildman–Crippen LogP) is 3.83. The molecule has 0 spiro atoms. The normalized spacial score (nSPS) is 15.0. The molecule has 1 aromatic rings. The number of ether oxygens (including phenoxy) is 2. The Hall–Kier alpha value is -1.31. The maximum atomic E-state index is 12.0. The van der Waals surface area contributed by atoms with Crippen molar-refractivity contribution in [3.63, 3.8) is 0 Å². The second-order valence-electron chi connectivity index (χ2n) is 4.56. The summed E-state index contributed by atoms with van der Waals surface area (Å²) in [5.74, 6) is 0.0937. The number of benzene rings is 1. The number of hydrogen-bond donors (Lipinski definition) is 0. The summed E-state index contributed by atoms with van der Waals surface area (Å²) in [5.41, 5.74) is 2.06. The van der Waals surface area contributed by atoms with Gasteiger partial charge in [-0.05, 0) is 12.1 Å². The maximum Gasteiger partial charge on any atom is 0.359 e. The summed E-state index contributed by atoms with van der Waals surface area (Å²) in [6.45, 7) is 0. The van der Waals surface area contributed by atoms with Crippen molar-refractivity contribution < 1.29 is 14.3 Å². The molecule has 0 unspecified atom stereocenters. The third-order valence-corrected chi connectivity index (χ3v) is 5.07. The standard InChI is InChI=1S/C15H16BrClN2O3S/c1-18(12(8-21-2)15(20)22-3)19-9-23-14(17)13(19)10-4-6-11(16)7-5-10/h4-8H,9H2,1-3H3. The lowest BCUT2D eigenvalue weighted by Crippen LogP contribution is -2.38. The summed E-state index contributed by atoms with van der Waals surface area (Å²) in [7, 11) is 4.57. The van der Waals surface area contributed by atoms with E-state index in [1.165, 1.54) is 32.2 Å². The predicted molar refractivity (Wildman–Crippen MR) is 96.1 cm³/mol. The van der Waals surface area contributed by atoms with E-state index >= 15 is 0 Å². The third kappa shape index (κ3) is 3.97. The summed E-state index contributed by atoms with van der Waals surface area (Å²) < 4.78 is 11.5. The number of thioether (sulfide) groups is 1. The molecule has 0 amide bonds. The Kier molecular flexibility index (Phi) is 6.26. The number of hydrogen-bond acceptors (Lipinski definition) is 6.